The fourth-order valence-electron chi connectivity index (χ4n) is 1.88. The maximum Gasteiger partial charge on any atom is 0.148 e. The van der Waals surface area contributed by atoms with Gasteiger partial charge in [-0.3, -0.25) is 0 Å². The molecule has 0 amide bonds. The van der Waals surface area contributed by atoms with Gasteiger partial charge < -0.3 is 14.8 Å². The summed E-state index contributed by atoms with van der Waals surface area (Å²) in [7, 11) is 5.17. The highest BCUT2D eigenvalue weighted by atomic mass is 16.5. The Morgan fingerprint density at radius 1 is 1.12 bits per heavy atom. The summed E-state index contributed by atoms with van der Waals surface area (Å²) in [4.78, 5) is 4.51. The second kappa shape index (κ2) is 4.49. The summed E-state index contributed by atoms with van der Waals surface area (Å²) >= 11 is 0. The molecule has 0 bridgehead atoms. The van der Waals surface area contributed by atoms with E-state index in [1.807, 2.05) is 32.2 Å². The third kappa shape index (κ3) is 1.98. The lowest BCUT2D eigenvalue weighted by atomic mass is 10.1. The van der Waals surface area contributed by atoms with Crippen LogP contribution in [0.25, 0.3) is 10.9 Å². The molecular weight excluding hydrogens is 216 g/mol. The number of hydrogen-bond donors (Lipinski definition) is 1. The van der Waals surface area contributed by atoms with Gasteiger partial charge in [-0.1, -0.05) is 0 Å². The number of benzene rings is 1. The third-order valence-electron chi connectivity index (χ3n) is 2.70. The molecule has 0 aliphatic rings. The predicted molar refractivity (Wildman–Crippen MR) is 69.1 cm³/mol. The number of ether oxygens (including phenoxy) is 2. The number of aryl methyl sites for hydroxylation is 1. The zero-order chi connectivity index (χ0) is 12.4. The maximum atomic E-state index is 5.35. The summed E-state index contributed by atoms with van der Waals surface area (Å²) < 4.78 is 10.6. The van der Waals surface area contributed by atoms with Gasteiger partial charge in [-0.2, -0.15) is 0 Å². The molecule has 0 spiro atoms. The molecule has 0 fully saturated rings. The quantitative estimate of drug-likeness (QED) is 0.883. The van der Waals surface area contributed by atoms with Crippen LogP contribution in [0.1, 0.15) is 5.69 Å². The summed E-state index contributed by atoms with van der Waals surface area (Å²) in [6, 6.07) is 5.80. The van der Waals surface area contributed by atoms with Gasteiger partial charge in [-0.05, 0) is 19.1 Å². The van der Waals surface area contributed by atoms with Crippen molar-refractivity contribution >= 4 is 16.6 Å². The number of rotatable bonds is 3. The van der Waals surface area contributed by atoms with Crippen LogP contribution in [0.3, 0.4) is 0 Å². The Labute approximate surface area is 101 Å². The number of methoxy groups -OCH3 is 2. The van der Waals surface area contributed by atoms with Crippen molar-refractivity contribution in [3.63, 3.8) is 0 Å². The van der Waals surface area contributed by atoms with E-state index < -0.39 is 0 Å². The Hall–Kier alpha value is -1.97. The normalized spacial score (nSPS) is 10.4. The molecule has 0 aliphatic carbocycles. The van der Waals surface area contributed by atoms with Crippen LogP contribution in [0.4, 0.5) is 5.69 Å². The van der Waals surface area contributed by atoms with Gasteiger partial charge in [0.05, 0.1) is 14.2 Å². The molecule has 2 aromatic rings. The minimum Gasteiger partial charge on any atom is -0.497 e. The van der Waals surface area contributed by atoms with Crippen LogP contribution in [0.2, 0.25) is 0 Å². The Bertz CT molecular complexity index is 553. The number of pyridine rings is 1. The molecule has 1 heterocycles. The van der Waals surface area contributed by atoms with Crippen molar-refractivity contribution in [3.8, 4) is 11.5 Å². The lowest BCUT2D eigenvalue weighted by Crippen LogP contribution is -1.97. The Morgan fingerprint density at radius 3 is 2.47 bits per heavy atom. The summed E-state index contributed by atoms with van der Waals surface area (Å²) in [6.45, 7) is 1.96. The SMILES string of the molecule is CNc1cc(C)nc2c(OC)cc(OC)cc12. The molecule has 1 aromatic heterocycles. The minimum atomic E-state index is 0.722. The van der Waals surface area contributed by atoms with Gasteiger partial charge in [-0.15, -0.1) is 0 Å². The highest BCUT2D eigenvalue weighted by molar-refractivity contribution is 5.96. The molecule has 90 valence electrons. The van der Waals surface area contributed by atoms with E-state index in [0.29, 0.717) is 0 Å². The average Bonchev–Trinajstić information content (AvgIpc) is 2.36. The van der Waals surface area contributed by atoms with Crippen LogP contribution in [0.15, 0.2) is 18.2 Å². The first kappa shape index (κ1) is 11.5. The first-order valence-electron chi connectivity index (χ1n) is 5.40. The van der Waals surface area contributed by atoms with Crippen LogP contribution in [-0.2, 0) is 0 Å². The highest BCUT2D eigenvalue weighted by Crippen LogP contribution is 2.34. The monoisotopic (exact) mass is 232 g/mol. The van der Waals surface area contributed by atoms with E-state index in [4.69, 9.17) is 9.47 Å². The lowest BCUT2D eigenvalue weighted by molar-refractivity contribution is 0.397. The van der Waals surface area contributed by atoms with E-state index in [-0.39, 0.29) is 0 Å². The smallest absolute Gasteiger partial charge is 0.148 e. The molecule has 2 rings (SSSR count). The molecule has 1 aromatic carbocycles. The van der Waals surface area contributed by atoms with Gasteiger partial charge in [0.15, 0.2) is 0 Å². The molecule has 0 atom stereocenters. The fourth-order valence-corrected chi connectivity index (χ4v) is 1.88. The van der Waals surface area contributed by atoms with Gasteiger partial charge in [0.1, 0.15) is 17.0 Å². The number of nitrogens with one attached hydrogen (secondary N) is 1. The van der Waals surface area contributed by atoms with Crippen molar-refractivity contribution in [1.29, 1.82) is 0 Å². The van der Waals surface area contributed by atoms with Crippen molar-refractivity contribution in [2.75, 3.05) is 26.6 Å². The fraction of sp³-hybridized carbons (Fsp3) is 0.308. The van der Waals surface area contributed by atoms with Crippen molar-refractivity contribution in [1.82, 2.24) is 4.98 Å². The first-order chi connectivity index (χ1) is 8.19. The standard InChI is InChI=1S/C13H16N2O2/c1-8-5-11(14-2)10-6-9(16-3)7-12(17-4)13(10)15-8/h5-7H,1-4H3,(H,14,15). The topological polar surface area (TPSA) is 43.4 Å². The van der Waals surface area contributed by atoms with Gasteiger partial charge in [0.2, 0.25) is 0 Å². The summed E-state index contributed by atoms with van der Waals surface area (Å²) in [5, 5.41) is 4.16. The summed E-state index contributed by atoms with van der Waals surface area (Å²) in [5.74, 6) is 1.48. The maximum absolute atomic E-state index is 5.35. The second-order valence-corrected chi connectivity index (χ2v) is 3.79. The van der Waals surface area contributed by atoms with E-state index in [0.717, 1.165) is 33.8 Å². The molecule has 17 heavy (non-hydrogen) atoms. The predicted octanol–water partition coefficient (Wildman–Crippen LogP) is 2.60. The van der Waals surface area contributed by atoms with E-state index in [9.17, 15) is 0 Å². The van der Waals surface area contributed by atoms with Crippen LogP contribution in [0, 0.1) is 6.92 Å². The molecule has 0 aliphatic heterocycles. The molecule has 0 saturated carbocycles. The first-order valence-corrected chi connectivity index (χ1v) is 5.40. The van der Waals surface area contributed by atoms with Crippen LogP contribution in [-0.4, -0.2) is 26.3 Å². The summed E-state index contributed by atoms with van der Waals surface area (Å²) in [5.41, 5.74) is 2.81. The van der Waals surface area contributed by atoms with Gasteiger partial charge in [0.25, 0.3) is 0 Å². The van der Waals surface area contributed by atoms with Gasteiger partial charge >= 0.3 is 0 Å². The molecule has 0 saturated heterocycles. The Morgan fingerprint density at radius 2 is 1.88 bits per heavy atom. The zero-order valence-electron chi connectivity index (χ0n) is 10.5. The van der Waals surface area contributed by atoms with Crippen LogP contribution >= 0.6 is 0 Å². The van der Waals surface area contributed by atoms with Gasteiger partial charge in [0, 0.05) is 29.9 Å². The third-order valence-corrected chi connectivity index (χ3v) is 2.70. The van der Waals surface area contributed by atoms with Crippen molar-refractivity contribution in [2.45, 2.75) is 6.92 Å². The number of aromatic nitrogens is 1. The van der Waals surface area contributed by atoms with E-state index in [2.05, 4.69) is 10.3 Å². The number of anilines is 1. The molecule has 4 nitrogen and oxygen atoms in total. The second-order valence-electron chi connectivity index (χ2n) is 3.79. The van der Waals surface area contributed by atoms with Crippen molar-refractivity contribution in [3.05, 3.63) is 23.9 Å². The van der Waals surface area contributed by atoms with Gasteiger partial charge in [-0.25, -0.2) is 4.98 Å². The summed E-state index contributed by atoms with van der Waals surface area (Å²) in [6.07, 6.45) is 0. The number of fused-ring (bicyclic) bond motifs is 1. The molecule has 0 radical (unpaired) electrons. The van der Waals surface area contributed by atoms with E-state index >= 15 is 0 Å². The van der Waals surface area contributed by atoms with Crippen molar-refractivity contribution < 1.29 is 9.47 Å². The molecule has 4 heteroatoms. The molecule has 1 N–H and O–H groups in total. The molecular formula is C13H16N2O2. The number of nitrogens with zero attached hydrogens (tertiary/aromatic N) is 1. The van der Waals surface area contributed by atoms with Crippen LogP contribution in [0.5, 0.6) is 11.5 Å². The van der Waals surface area contributed by atoms with E-state index in [1.165, 1.54) is 0 Å². The Balaban J connectivity index is 2.83. The minimum absolute atomic E-state index is 0.722. The van der Waals surface area contributed by atoms with E-state index in [1.54, 1.807) is 14.2 Å². The molecule has 0 unspecified atom stereocenters. The van der Waals surface area contributed by atoms with Crippen molar-refractivity contribution in [2.24, 2.45) is 0 Å². The lowest BCUT2D eigenvalue weighted by Gasteiger charge is -2.12. The highest BCUT2D eigenvalue weighted by Gasteiger charge is 2.10. The Kier molecular flexibility index (Phi) is 3.04. The number of hydrogen-bond acceptors (Lipinski definition) is 4. The van der Waals surface area contributed by atoms with Crippen LogP contribution < -0.4 is 14.8 Å². The zero-order valence-corrected chi connectivity index (χ0v) is 10.5. The average molecular weight is 232 g/mol. The largest absolute Gasteiger partial charge is 0.497 e.